The standard InChI is InChI=1S/C12H18N2O2S/c1-3-6-10(12(15)14-13)16-9-7-4-5-8-11(9)17-2/h4-5,7-8,10H,3,6,13H2,1-2H3,(H,14,15). The molecule has 1 aromatic rings. The van der Waals surface area contributed by atoms with Gasteiger partial charge in [0.2, 0.25) is 0 Å². The predicted molar refractivity (Wildman–Crippen MR) is 69.9 cm³/mol. The average molecular weight is 254 g/mol. The quantitative estimate of drug-likeness (QED) is 0.352. The minimum atomic E-state index is -0.529. The Morgan fingerprint density at radius 3 is 2.82 bits per heavy atom. The number of thioether (sulfide) groups is 1. The SMILES string of the molecule is CCCC(Oc1ccccc1SC)C(=O)NN. The summed E-state index contributed by atoms with van der Waals surface area (Å²) in [5.74, 6) is 5.58. The third kappa shape index (κ3) is 3.94. The van der Waals surface area contributed by atoms with Crippen molar-refractivity contribution < 1.29 is 9.53 Å². The Bertz CT molecular complexity index is 371. The second kappa shape index (κ2) is 7.19. The van der Waals surface area contributed by atoms with Crippen LogP contribution in [0.3, 0.4) is 0 Å². The van der Waals surface area contributed by atoms with Crippen molar-refractivity contribution in [3.8, 4) is 5.75 Å². The third-order valence-electron chi connectivity index (χ3n) is 2.32. The van der Waals surface area contributed by atoms with E-state index in [1.54, 1.807) is 11.8 Å². The molecule has 1 unspecified atom stereocenters. The van der Waals surface area contributed by atoms with E-state index in [-0.39, 0.29) is 5.91 Å². The molecule has 1 amide bonds. The number of nitrogens with two attached hydrogens (primary N) is 1. The molecule has 5 heteroatoms. The lowest BCUT2D eigenvalue weighted by Gasteiger charge is -2.18. The van der Waals surface area contributed by atoms with Gasteiger partial charge in [-0.25, -0.2) is 5.84 Å². The first-order valence-electron chi connectivity index (χ1n) is 5.53. The highest BCUT2D eigenvalue weighted by Crippen LogP contribution is 2.28. The van der Waals surface area contributed by atoms with E-state index in [2.05, 4.69) is 5.43 Å². The number of benzene rings is 1. The van der Waals surface area contributed by atoms with Gasteiger partial charge < -0.3 is 4.74 Å². The van der Waals surface area contributed by atoms with Crippen molar-refractivity contribution in [2.45, 2.75) is 30.8 Å². The summed E-state index contributed by atoms with van der Waals surface area (Å²) in [4.78, 5) is 12.6. The number of hydrogen-bond acceptors (Lipinski definition) is 4. The fourth-order valence-electron chi connectivity index (χ4n) is 1.47. The summed E-state index contributed by atoms with van der Waals surface area (Å²) in [7, 11) is 0. The van der Waals surface area contributed by atoms with Crippen molar-refractivity contribution in [3.63, 3.8) is 0 Å². The number of para-hydroxylation sites is 1. The number of ether oxygens (including phenoxy) is 1. The normalized spacial score (nSPS) is 11.9. The Kier molecular flexibility index (Phi) is 5.86. The highest BCUT2D eigenvalue weighted by atomic mass is 32.2. The number of hydrogen-bond donors (Lipinski definition) is 2. The molecule has 3 N–H and O–H groups in total. The fraction of sp³-hybridized carbons (Fsp3) is 0.417. The number of rotatable bonds is 6. The van der Waals surface area contributed by atoms with E-state index < -0.39 is 6.10 Å². The van der Waals surface area contributed by atoms with Gasteiger partial charge in [-0.1, -0.05) is 25.5 Å². The van der Waals surface area contributed by atoms with Crippen LogP contribution in [0.25, 0.3) is 0 Å². The number of carbonyl (C=O) groups excluding carboxylic acids is 1. The lowest BCUT2D eigenvalue weighted by atomic mass is 10.2. The molecular weight excluding hydrogens is 236 g/mol. The molecule has 0 spiro atoms. The number of hydrazine groups is 1. The Hall–Kier alpha value is -1.20. The fourth-order valence-corrected chi connectivity index (χ4v) is 2.00. The van der Waals surface area contributed by atoms with E-state index in [0.717, 1.165) is 17.1 Å². The van der Waals surface area contributed by atoms with Crippen molar-refractivity contribution in [1.82, 2.24) is 5.43 Å². The number of nitrogens with one attached hydrogen (secondary N) is 1. The summed E-state index contributed by atoms with van der Waals surface area (Å²) in [6.07, 6.45) is 2.95. The summed E-state index contributed by atoms with van der Waals surface area (Å²) < 4.78 is 5.72. The van der Waals surface area contributed by atoms with Crippen LogP contribution in [0.4, 0.5) is 0 Å². The zero-order chi connectivity index (χ0) is 12.7. The summed E-state index contributed by atoms with van der Waals surface area (Å²) in [5, 5.41) is 0. The van der Waals surface area contributed by atoms with Gasteiger partial charge in [0.05, 0.1) is 0 Å². The maximum atomic E-state index is 11.5. The second-order valence-corrected chi connectivity index (χ2v) is 4.40. The van der Waals surface area contributed by atoms with Crippen LogP contribution in [0.5, 0.6) is 5.75 Å². The molecule has 0 aromatic heterocycles. The maximum absolute atomic E-state index is 11.5. The van der Waals surface area contributed by atoms with Crippen molar-refractivity contribution in [3.05, 3.63) is 24.3 Å². The van der Waals surface area contributed by atoms with Crippen molar-refractivity contribution >= 4 is 17.7 Å². The average Bonchev–Trinajstić information content (AvgIpc) is 2.38. The molecule has 0 radical (unpaired) electrons. The van der Waals surface area contributed by atoms with Crippen LogP contribution in [0.2, 0.25) is 0 Å². The monoisotopic (exact) mass is 254 g/mol. The van der Waals surface area contributed by atoms with Gasteiger partial charge in [0.15, 0.2) is 6.10 Å². The lowest BCUT2D eigenvalue weighted by molar-refractivity contribution is -0.128. The molecule has 0 saturated carbocycles. The van der Waals surface area contributed by atoms with Crippen LogP contribution in [-0.4, -0.2) is 18.3 Å². The Morgan fingerprint density at radius 1 is 1.53 bits per heavy atom. The molecule has 94 valence electrons. The van der Waals surface area contributed by atoms with Crippen LogP contribution < -0.4 is 16.0 Å². The number of amides is 1. The molecule has 0 heterocycles. The minimum absolute atomic E-state index is 0.289. The Balaban J connectivity index is 2.81. The van der Waals surface area contributed by atoms with Crippen LogP contribution in [0.15, 0.2) is 29.2 Å². The van der Waals surface area contributed by atoms with Gasteiger partial charge in [0, 0.05) is 4.90 Å². The Morgan fingerprint density at radius 2 is 2.24 bits per heavy atom. The van der Waals surface area contributed by atoms with Crippen molar-refractivity contribution in [2.24, 2.45) is 5.84 Å². The van der Waals surface area contributed by atoms with E-state index in [4.69, 9.17) is 10.6 Å². The van der Waals surface area contributed by atoms with Gasteiger partial charge in [0.25, 0.3) is 5.91 Å². The third-order valence-corrected chi connectivity index (χ3v) is 3.10. The summed E-state index contributed by atoms with van der Waals surface area (Å²) >= 11 is 1.59. The van der Waals surface area contributed by atoms with E-state index >= 15 is 0 Å². The minimum Gasteiger partial charge on any atom is -0.479 e. The summed E-state index contributed by atoms with van der Waals surface area (Å²) in [6, 6.07) is 7.65. The summed E-state index contributed by atoms with van der Waals surface area (Å²) in [6.45, 7) is 2.00. The van der Waals surface area contributed by atoms with Gasteiger partial charge in [-0.05, 0) is 24.8 Å². The maximum Gasteiger partial charge on any atom is 0.274 e. The van der Waals surface area contributed by atoms with E-state index in [1.165, 1.54) is 0 Å². The largest absolute Gasteiger partial charge is 0.479 e. The molecular formula is C12H18N2O2S. The summed E-state index contributed by atoms with van der Waals surface area (Å²) in [5.41, 5.74) is 2.14. The highest BCUT2D eigenvalue weighted by Gasteiger charge is 2.19. The van der Waals surface area contributed by atoms with Crippen LogP contribution in [-0.2, 0) is 4.79 Å². The molecule has 4 nitrogen and oxygen atoms in total. The van der Waals surface area contributed by atoms with Gasteiger partial charge in [0.1, 0.15) is 5.75 Å². The molecule has 1 atom stereocenters. The van der Waals surface area contributed by atoms with Gasteiger partial charge in [-0.15, -0.1) is 11.8 Å². The zero-order valence-corrected chi connectivity index (χ0v) is 10.9. The van der Waals surface area contributed by atoms with Gasteiger partial charge >= 0.3 is 0 Å². The molecule has 0 aliphatic rings. The van der Waals surface area contributed by atoms with Crippen molar-refractivity contribution in [1.29, 1.82) is 0 Å². The lowest BCUT2D eigenvalue weighted by Crippen LogP contribution is -2.42. The molecule has 0 fully saturated rings. The van der Waals surface area contributed by atoms with Crippen LogP contribution in [0, 0.1) is 0 Å². The van der Waals surface area contributed by atoms with E-state index in [9.17, 15) is 4.79 Å². The Labute approximate surface area is 106 Å². The molecule has 0 aliphatic heterocycles. The number of carbonyl (C=O) groups is 1. The topological polar surface area (TPSA) is 64.3 Å². The van der Waals surface area contributed by atoms with Crippen LogP contribution in [0.1, 0.15) is 19.8 Å². The second-order valence-electron chi connectivity index (χ2n) is 3.55. The van der Waals surface area contributed by atoms with Crippen molar-refractivity contribution in [2.75, 3.05) is 6.26 Å². The first kappa shape index (κ1) is 13.9. The molecule has 17 heavy (non-hydrogen) atoms. The predicted octanol–water partition coefficient (Wildman–Crippen LogP) is 1.95. The van der Waals surface area contributed by atoms with E-state index in [0.29, 0.717) is 6.42 Å². The van der Waals surface area contributed by atoms with Crippen LogP contribution >= 0.6 is 11.8 Å². The molecule has 0 bridgehead atoms. The smallest absolute Gasteiger partial charge is 0.274 e. The first-order chi connectivity index (χ1) is 8.22. The van der Waals surface area contributed by atoms with Gasteiger partial charge in [-0.3, -0.25) is 10.2 Å². The van der Waals surface area contributed by atoms with E-state index in [1.807, 2.05) is 37.4 Å². The first-order valence-corrected chi connectivity index (χ1v) is 6.75. The highest BCUT2D eigenvalue weighted by molar-refractivity contribution is 7.98. The molecule has 1 aromatic carbocycles. The van der Waals surface area contributed by atoms with Gasteiger partial charge in [-0.2, -0.15) is 0 Å². The molecule has 1 rings (SSSR count). The molecule has 0 aliphatic carbocycles. The molecule has 0 saturated heterocycles. The zero-order valence-electron chi connectivity index (χ0n) is 10.1.